The Balaban J connectivity index is 2.74. The van der Waals surface area contributed by atoms with Crippen LogP contribution >= 0.6 is 11.6 Å². The number of ether oxygens (including phenoxy) is 1. The van der Waals surface area contributed by atoms with Gasteiger partial charge in [0.15, 0.2) is 0 Å². The lowest BCUT2D eigenvalue weighted by Gasteiger charge is -2.05. The fourth-order valence-electron chi connectivity index (χ4n) is 1.60. The van der Waals surface area contributed by atoms with E-state index in [0.717, 1.165) is 6.07 Å². The summed E-state index contributed by atoms with van der Waals surface area (Å²) in [5, 5.41) is -0.359. The van der Waals surface area contributed by atoms with Crippen molar-refractivity contribution in [3.63, 3.8) is 0 Å². The second-order valence-corrected chi connectivity index (χ2v) is 3.91. The highest BCUT2D eigenvalue weighted by Crippen LogP contribution is 2.22. The van der Waals surface area contributed by atoms with Crippen LogP contribution in [0.4, 0.5) is 4.39 Å². The van der Waals surface area contributed by atoms with Crippen LogP contribution in [0.25, 0.3) is 10.9 Å². The smallest absolute Gasteiger partial charge is 0.343 e. The van der Waals surface area contributed by atoms with Crippen LogP contribution in [0.2, 0.25) is 5.02 Å². The Labute approximate surface area is 106 Å². The summed E-state index contributed by atoms with van der Waals surface area (Å²) in [4.78, 5) is 26.3. The molecule has 0 aliphatic carbocycles. The van der Waals surface area contributed by atoms with Crippen LogP contribution in [0.1, 0.15) is 17.3 Å². The summed E-state index contributed by atoms with van der Waals surface area (Å²) in [5.41, 5.74) is -0.483. The molecule has 0 atom stereocenters. The van der Waals surface area contributed by atoms with Gasteiger partial charge in [-0.15, -0.1) is 0 Å². The maximum absolute atomic E-state index is 13.3. The van der Waals surface area contributed by atoms with Crippen molar-refractivity contribution in [2.75, 3.05) is 6.61 Å². The molecule has 1 aromatic heterocycles. The van der Waals surface area contributed by atoms with E-state index in [1.54, 1.807) is 6.92 Å². The lowest BCUT2D eigenvalue weighted by atomic mass is 10.1. The maximum atomic E-state index is 13.3. The second kappa shape index (κ2) is 4.78. The Morgan fingerprint density at radius 1 is 1.50 bits per heavy atom. The van der Waals surface area contributed by atoms with Crippen molar-refractivity contribution in [2.24, 2.45) is 0 Å². The summed E-state index contributed by atoms with van der Waals surface area (Å²) in [6, 6.07) is 2.53. The Morgan fingerprint density at radius 2 is 2.22 bits per heavy atom. The molecule has 94 valence electrons. The Kier molecular flexibility index (Phi) is 3.34. The number of aromatic amines is 1. The molecule has 6 heteroatoms. The first-order valence-corrected chi connectivity index (χ1v) is 5.60. The van der Waals surface area contributed by atoms with Crippen molar-refractivity contribution in [3.8, 4) is 0 Å². The molecule has 18 heavy (non-hydrogen) atoms. The number of esters is 1. The average molecular weight is 270 g/mol. The second-order valence-electron chi connectivity index (χ2n) is 3.54. The van der Waals surface area contributed by atoms with Gasteiger partial charge in [0.05, 0.1) is 22.5 Å². The quantitative estimate of drug-likeness (QED) is 0.852. The number of hydrogen-bond acceptors (Lipinski definition) is 3. The lowest BCUT2D eigenvalue weighted by molar-refractivity contribution is 0.0524. The third-order valence-corrected chi connectivity index (χ3v) is 2.80. The van der Waals surface area contributed by atoms with Gasteiger partial charge in [-0.2, -0.15) is 0 Å². The number of carbonyl (C=O) groups is 1. The Bertz CT molecular complexity index is 681. The van der Waals surface area contributed by atoms with Gasteiger partial charge in [-0.1, -0.05) is 11.6 Å². The van der Waals surface area contributed by atoms with E-state index in [0.29, 0.717) is 5.52 Å². The average Bonchev–Trinajstić information content (AvgIpc) is 2.34. The molecular formula is C12H9ClFNO3. The Morgan fingerprint density at radius 3 is 2.89 bits per heavy atom. The normalized spacial score (nSPS) is 10.6. The van der Waals surface area contributed by atoms with Crippen LogP contribution in [0.15, 0.2) is 23.1 Å². The van der Waals surface area contributed by atoms with Crippen LogP contribution in [0, 0.1) is 5.82 Å². The number of aromatic nitrogens is 1. The van der Waals surface area contributed by atoms with Gasteiger partial charge in [-0.3, -0.25) is 4.79 Å². The molecule has 1 aromatic carbocycles. The van der Waals surface area contributed by atoms with Crippen molar-refractivity contribution < 1.29 is 13.9 Å². The molecule has 0 bridgehead atoms. The van der Waals surface area contributed by atoms with Gasteiger partial charge in [0, 0.05) is 6.20 Å². The van der Waals surface area contributed by atoms with E-state index in [9.17, 15) is 14.0 Å². The minimum atomic E-state index is -0.763. The fourth-order valence-corrected chi connectivity index (χ4v) is 1.85. The first kappa shape index (κ1) is 12.6. The third-order valence-electron chi connectivity index (χ3n) is 2.43. The lowest BCUT2D eigenvalue weighted by Crippen LogP contribution is -2.18. The summed E-state index contributed by atoms with van der Waals surface area (Å²) < 4.78 is 18.0. The van der Waals surface area contributed by atoms with Gasteiger partial charge in [0.2, 0.25) is 5.43 Å². The third kappa shape index (κ3) is 1.97. The zero-order valence-electron chi connectivity index (χ0n) is 9.42. The zero-order chi connectivity index (χ0) is 13.3. The van der Waals surface area contributed by atoms with Crippen LogP contribution in [0.3, 0.4) is 0 Å². The Hall–Kier alpha value is -1.88. The topological polar surface area (TPSA) is 59.2 Å². The van der Waals surface area contributed by atoms with Crippen molar-refractivity contribution in [1.82, 2.24) is 4.98 Å². The fraction of sp³-hybridized carbons (Fsp3) is 0.167. The molecule has 0 spiro atoms. The van der Waals surface area contributed by atoms with Crippen molar-refractivity contribution in [1.29, 1.82) is 0 Å². The van der Waals surface area contributed by atoms with E-state index in [1.807, 2.05) is 0 Å². The van der Waals surface area contributed by atoms with Crippen molar-refractivity contribution in [2.45, 2.75) is 6.92 Å². The summed E-state index contributed by atoms with van der Waals surface area (Å²) in [7, 11) is 0. The number of nitrogens with one attached hydrogen (secondary N) is 1. The number of hydrogen-bond donors (Lipinski definition) is 1. The number of pyridine rings is 1. The largest absolute Gasteiger partial charge is 0.462 e. The summed E-state index contributed by atoms with van der Waals surface area (Å²) in [6.45, 7) is 1.77. The SMILES string of the molecule is CCOC(=O)c1c[nH]c2ccc(F)c(Cl)c2c1=O. The van der Waals surface area contributed by atoms with Crippen molar-refractivity contribution >= 4 is 28.5 Å². The van der Waals surface area contributed by atoms with Crippen molar-refractivity contribution in [3.05, 3.63) is 45.0 Å². The molecule has 0 saturated heterocycles. The summed E-state index contributed by atoms with van der Waals surface area (Å²) >= 11 is 5.74. The first-order chi connectivity index (χ1) is 8.56. The molecular weight excluding hydrogens is 261 g/mol. The van der Waals surface area contributed by atoms with E-state index in [4.69, 9.17) is 16.3 Å². The number of fused-ring (bicyclic) bond motifs is 1. The molecule has 0 aliphatic heterocycles. The van der Waals surface area contributed by atoms with Gasteiger partial charge in [-0.25, -0.2) is 9.18 Å². The van der Waals surface area contributed by atoms with Gasteiger partial charge < -0.3 is 9.72 Å². The molecule has 0 aliphatic rings. The summed E-state index contributed by atoms with van der Waals surface area (Å²) in [5.74, 6) is -1.48. The minimum Gasteiger partial charge on any atom is -0.462 e. The molecule has 2 rings (SSSR count). The van der Waals surface area contributed by atoms with Gasteiger partial charge in [0.25, 0.3) is 0 Å². The van der Waals surface area contributed by atoms with Gasteiger partial charge in [-0.05, 0) is 19.1 Å². The number of rotatable bonds is 2. The zero-order valence-corrected chi connectivity index (χ0v) is 10.2. The number of carbonyl (C=O) groups excluding carboxylic acids is 1. The van der Waals surface area contributed by atoms with Gasteiger partial charge >= 0.3 is 5.97 Å². The molecule has 2 aromatic rings. The molecule has 0 saturated carbocycles. The summed E-state index contributed by atoms with van der Waals surface area (Å²) in [6.07, 6.45) is 1.23. The number of benzene rings is 1. The van der Waals surface area contributed by atoms with E-state index in [1.165, 1.54) is 12.3 Å². The predicted octanol–water partition coefficient (Wildman–Crippen LogP) is 2.50. The van der Waals surface area contributed by atoms with Gasteiger partial charge in [0.1, 0.15) is 11.4 Å². The monoisotopic (exact) mass is 269 g/mol. The van der Waals surface area contributed by atoms with E-state index in [2.05, 4.69) is 4.98 Å². The van der Waals surface area contributed by atoms with Crippen LogP contribution < -0.4 is 5.43 Å². The van der Waals surface area contributed by atoms with Crippen LogP contribution in [0.5, 0.6) is 0 Å². The van der Waals surface area contributed by atoms with E-state index < -0.39 is 17.2 Å². The molecule has 0 amide bonds. The highest BCUT2D eigenvalue weighted by Gasteiger charge is 2.17. The predicted molar refractivity (Wildman–Crippen MR) is 65.5 cm³/mol. The van der Waals surface area contributed by atoms with Crippen LogP contribution in [-0.2, 0) is 4.74 Å². The highest BCUT2D eigenvalue weighted by atomic mass is 35.5. The minimum absolute atomic E-state index is 0.0535. The highest BCUT2D eigenvalue weighted by molar-refractivity contribution is 6.35. The molecule has 1 heterocycles. The first-order valence-electron chi connectivity index (χ1n) is 5.22. The van der Waals surface area contributed by atoms with Crippen LogP contribution in [-0.4, -0.2) is 17.6 Å². The molecule has 0 unspecified atom stereocenters. The molecule has 1 N–H and O–H groups in total. The molecule has 4 nitrogen and oxygen atoms in total. The molecule has 0 fully saturated rings. The van der Waals surface area contributed by atoms with E-state index >= 15 is 0 Å². The number of H-pyrrole nitrogens is 1. The number of halogens is 2. The standard InChI is InChI=1S/C12H9ClFNO3/c1-2-18-12(17)6-5-15-8-4-3-7(14)10(13)9(8)11(6)16/h3-5H,2H2,1H3,(H,15,16). The van der Waals surface area contributed by atoms with E-state index in [-0.39, 0.29) is 22.6 Å². The molecule has 0 radical (unpaired) electrons. The maximum Gasteiger partial charge on any atom is 0.343 e.